The van der Waals surface area contributed by atoms with Crippen molar-refractivity contribution >= 4 is 23.1 Å². The van der Waals surface area contributed by atoms with Crippen LogP contribution in [-0.2, 0) is 22.1 Å². The molecule has 24 heavy (non-hydrogen) atoms. The van der Waals surface area contributed by atoms with Crippen LogP contribution in [0.5, 0.6) is 0 Å². The van der Waals surface area contributed by atoms with E-state index >= 15 is 0 Å². The third-order valence-electron chi connectivity index (χ3n) is 4.54. The Balaban J connectivity index is 2.72. The van der Waals surface area contributed by atoms with Crippen LogP contribution in [0.15, 0.2) is 30.3 Å². The summed E-state index contributed by atoms with van der Waals surface area (Å²) < 4.78 is 28.7. The average molecular weight is 374 g/mol. The molecule has 1 aromatic carbocycles. The first kappa shape index (κ1) is 21.3. The zero-order chi connectivity index (χ0) is 18.1. The minimum atomic E-state index is -2.83. The number of hydrogen-bond acceptors (Lipinski definition) is 6. The molecule has 6 nitrogen and oxygen atoms in total. The number of anilines is 1. The molecule has 8 heteroatoms. The summed E-state index contributed by atoms with van der Waals surface area (Å²) in [5.74, 6) is 0. The van der Waals surface area contributed by atoms with E-state index in [9.17, 15) is 0 Å². The Morgan fingerprint density at radius 2 is 1.42 bits per heavy atom. The molecular weight excluding hydrogens is 342 g/mol. The summed E-state index contributed by atoms with van der Waals surface area (Å²) in [6, 6.07) is 11.0. The van der Waals surface area contributed by atoms with E-state index < -0.39 is 17.4 Å². The van der Waals surface area contributed by atoms with Crippen LogP contribution in [0.2, 0.25) is 11.2 Å². The van der Waals surface area contributed by atoms with Crippen molar-refractivity contribution in [3.63, 3.8) is 0 Å². The van der Waals surface area contributed by atoms with Gasteiger partial charge in [-0.25, -0.2) is 0 Å². The highest BCUT2D eigenvalue weighted by Gasteiger charge is 2.58. The molecule has 0 saturated carbocycles. The largest absolute Gasteiger partial charge is 0.505 e. The van der Waals surface area contributed by atoms with Crippen molar-refractivity contribution < 1.29 is 22.1 Å². The molecule has 0 aromatic heterocycles. The van der Waals surface area contributed by atoms with Crippen LogP contribution in [0.3, 0.4) is 0 Å². The van der Waals surface area contributed by atoms with Crippen molar-refractivity contribution in [2.45, 2.75) is 24.6 Å². The Labute approximate surface area is 148 Å². The van der Waals surface area contributed by atoms with Crippen molar-refractivity contribution in [2.75, 3.05) is 47.4 Å². The van der Waals surface area contributed by atoms with Crippen LogP contribution in [0, 0.1) is 0 Å². The fourth-order valence-corrected chi connectivity index (χ4v) is 11.3. The van der Waals surface area contributed by atoms with Gasteiger partial charge >= 0.3 is 17.4 Å². The molecule has 138 valence electrons. The van der Waals surface area contributed by atoms with Gasteiger partial charge in [-0.3, -0.25) is 0 Å². The molecule has 1 rings (SSSR count). The molecule has 0 aliphatic heterocycles. The summed E-state index contributed by atoms with van der Waals surface area (Å²) in [4.78, 5) is 0. The van der Waals surface area contributed by atoms with Crippen molar-refractivity contribution in [1.82, 2.24) is 0 Å². The molecule has 0 radical (unpaired) electrons. The average Bonchev–Trinajstić information content (AvgIpc) is 2.65. The Hall–Kier alpha value is -0.746. The van der Waals surface area contributed by atoms with E-state index in [-0.39, 0.29) is 5.16 Å². The minimum Gasteiger partial charge on any atom is -0.397 e. The van der Waals surface area contributed by atoms with Crippen LogP contribution >= 0.6 is 0 Å². The predicted molar refractivity (Wildman–Crippen MR) is 100 cm³/mol. The summed E-state index contributed by atoms with van der Waals surface area (Å²) in [6.45, 7) is 2.90. The van der Waals surface area contributed by atoms with E-state index in [0.29, 0.717) is 0 Å². The Morgan fingerprint density at radius 3 is 1.88 bits per heavy atom. The first-order chi connectivity index (χ1) is 11.5. The second-order valence-electron chi connectivity index (χ2n) is 5.55. The molecule has 0 fully saturated rings. The van der Waals surface area contributed by atoms with Crippen LogP contribution in [-0.4, -0.2) is 59.5 Å². The third-order valence-corrected chi connectivity index (χ3v) is 13.4. The van der Waals surface area contributed by atoms with Gasteiger partial charge in [-0.15, -0.1) is 0 Å². The molecule has 1 N–H and O–H groups in total. The van der Waals surface area contributed by atoms with Gasteiger partial charge in [0.15, 0.2) is 0 Å². The lowest BCUT2D eigenvalue weighted by molar-refractivity contribution is 0.111. The number of benzene rings is 1. The van der Waals surface area contributed by atoms with Gasteiger partial charge in [-0.05, 0) is 24.6 Å². The van der Waals surface area contributed by atoms with Gasteiger partial charge in [-0.1, -0.05) is 25.1 Å². The van der Waals surface area contributed by atoms with Gasteiger partial charge in [-0.2, -0.15) is 0 Å². The van der Waals surface area contributed by atoms with Gasteiger partial charge in [0.25, 0.3) is 0 Å². The smallest absolute Gasteiger partial charge is 0.397 e. The second kappa shape index (κ2) is 10.3. The zero-order valence-electron chi connectivity index (χ0n) is 15.6. The Kier molecular flexibility index (Phi) is 9.13. The SMILES string of the molecule is CO[Si](CCCNc1ccccc1)(OC)C(C)[Si](OC)(OC)OC. The third kappa shape index (κ3) is 4.88. The molecule has 0 spiro atoms. The molecule has 0 heterocycles. The van der Waals surface area contributed by atoms with E-state index in [4.69, 9.17) is 22.1 Å². The normalized spacial score (nSPS) is 13.8. The topological polar surface area (TPSA) is 58.2 Å². The number of rotatable bonds is 12. The molecular formula is C16H31NO5Si2. The predicted octanol–water partition coefficient (Wildman–Crippen LogP) is 3.03. The lowest BCUT2D eigenvalue weighted by Crippen LogP contribution is -2.59. The lowest BCUT2D eigenvalue weighted by atomic mass is 10.3. The lowest BCUT2D eigenvalue weighted by Gasteiger charge is -2.39. The first-order valence-electron chi connectivity index (χ1n) is 8.08. The highest BCUT2D eigenvalue weighted by molar-refractivity contribution is 6.85. The molecule has 0 bridgehead atoms. The highest BCUT2D eigenvalue weighted by Crippen LogP contribution is 2.37. The molecule has 1 atom stereocenters. The summed E-state index contributed by atoms with van der Waals surface area (Å²) in [5, 5.41) is 3.37. The van der Waals surface area contributed by atoms with Crippen molar-refractivity contribution in [1.29, 1.82) is 0 Å². The summed E-state index contributed by atoms with van der Waals surface area (Å²) >= 11 is 0. The molecule has 1 aromatic rings. The van der Waals surface area contributed by atoms with E-state index in [2.05, 4.69) is 17.4 Å². The van der Waals surface area contributed by atoms with E-state index in [1.807, 2.05) is 25.1 Å². The fraction of sp³-hybridized carbons (Fsp3) is 0.625. The maximum atomic E-state index is 5.90. The van der Waals surface area contributed by atoms with E-state index in [1.54, 1.807) is 35.5 Å². The molecule has 0 amide bonds. The maximum absolute atomic E-state index is 5.90. The number of para-hydroxylation sites is 1. The van der Waals surface area contributed by atoms with E-state index in [1.165, 1.54) is 0 Å². The number of hydrogen-bond donors (Lipinski definition) is 1. The van der Waals surface area contributed by atoms with Crippen molar-refractivity contribution in [3.8, 4) is 0 Å². The monoisotopic (exact) mass is 373 g/mol. The summed E-state index contributed by atoms with van der Waals surface area (Å²) in [5.41, 5.74) is 1.11. The van der Waals surface area contributed by atoms with Gasteiger partial charge in [0.1, 0.15) is 0 Å². The first-order valence-corrected chi connectivity index (χ1v) is 12.0. The molecule has 1 unspecified atom stereocenters. The number of nitrogens with one attached hydrogen (secondary N) is 1. The van der Waals surface area contributed by atoms with Gasteiger partial charge in [0.2, 0.25) is 0 Å². The van der Waals surface area contributed by atoms with Crippen LogP contribution in [0.4, 0.5) is 5.69 Å². The second-order valence-corrected chi connectivity index (χ2v) is 13.2. The quantitative estimate of drug-likeness (QED) is 0.449. The highest BCUT2D eigenvalue weighted by atomic mass is 28.4. The van der Waals surface area contributed by atoms with Crippen LogP contribution < -0.4 is 5.32 Å². The Morgan fingerprint density at radius 1 is 0.875 bits per heavy atom. The summed E-state index contributed by atoms with van der Waals surface area (Å²) in [7, 11) is 2.91. The van der Waals surface area contributed by atoms with Gasteiger partial charge in [0, 0.05) is 47.8 Å². The van der Waals surface area contributed by atoms with Gasteiger partial charge < -0.3 is 27.4 Å². The molecule has 0 aliphatic rings. The maximum Gasteiger partial charge on any atom is 0.505 e. The van der Waals surface area contributed by atoms with Crippen LogP contribution in [0.1, 0.15) is 13.3 Å². The van der Waals surface area contributed by atoms with Gasteiger partial charge in [0.05, 0.1) is 5.16 Å². The zero-order valence-corrected chi connectivity index (χ0v) is 17.6. The standard InChI is InChI=1S/C16H31NO5Si2/c1-15(24(20-4,21-5)22-6)23(18-2,19-3)14-10-13-17-16-11-8-7-9-12-16/h7-9,11-12,15,17H,10,13-14H2,1-6H3. The molecule has 0 aliphatic carbocycles. The summed E-state index contributed by atoms with van der Waals surface area (Å²) in [6.07, 6.45) is 0.925. The Bertz CT molecular complexity index is 447. The van der Waals surface area contributed by atoms with Crippen molar-refractivity contribution in [3.05, 3.63) is 30.3 Å². The van der Waals surface area contributed by atoms with Crippen molar-refractivity contribution in [2.24, 2.45) is 0 Å². The molecule has 0 saturated heterocycles. The fourth-order valence-electron chi connectivity index (χ4n) is 3.03. The van der Waals surface area contributed by atoms with E-state index in [0.717, 1.165) is 24.7 Å². The van der Waals surface area contributed by atoms with Crippen LogP contribution in [0.25, 0.3) is 0 Å². The minimum absolute atomic E-state index is 0.0447.